The smallest absolute Gasteiger partial charge is 0.322 e. The van der Waals surface area contributed by atoms with Gasteiger partial charge >= 0.3 is 6.03 Å². The van der Waals surface area contributed by atoms with E-state index in [1.54, 1.807) is 7.11 Å². The molecule has 0 spiro atoms. The van der Waals surface area contributed by atoms with E-state index in [0.29, 0.717) is 36.2 Å². The summed E-state index contributed by atoms with van der Waals surface area (Å²) in [4.78, 5) is 17.0. The number of amides is 2. The quantitative estimate of drug-likeness (QED) is 0.433. The van der Waals surface area contributed by atoms with Crippen LogP contribution in [0.5, 0.6) is 5.75 Å². The third kappa shape index (κ3) is 6.98. The number of urea groups is 1. The molecule has 0 bridgehead atoms. The molecular weight excluding hydrogens is 462 g/mol. The average molecular weight is 494 g/mol. The van der Waals surface area contributed by atoms with E-state index in [1.165, 1.54) is 5.56 Å². The Morgan fingerprint density at radius 1 is 1.00 bits per heavy atom. The molecule has 1 aliphatic heterocycles. The standard InChI is InChI=1S/C28H32ClN3O3/c1-21-6-5-7-22(18-21)20-35-27(23-10-12-24(29)13-11-23)19-31-14-16-32(17-15-31)28(33)30-25-8-3-4-9-26(25)34-2/h3-13,18,27H,14-17,19-20H2,1-2H3,(H,30,33)/t27-/m1/s1. The first kappa shape index (κ1) is 25.0. The Hall–Kier alpha value is -3.06. The van der Waals surface area contributed by atoms with Gasteiger partial charge in [-0.15, -0.1) is 0 Å². The lowest BCUT2D eigenvalue weighted by Crippen LogP contribution is -2.50. The van der Waals surface area contributed by atoms with Crippen molar-refractivity contribution in [2.24, 2.45) is 0 Å². The maximum absolute atomic E-state index is 12.8. The number of carbonyl (C=O) groups excluding carboxylic acids is 1. The predicted octanol–water partition coefficient (Wildman–Crippen LogP) is 5.76. The summed E-state index contributed by atoms with van der Waals surface area (Å²) >= 11 is 6.12. The zero-order valence-electron chi connectivity index (χ0n) is 20.2. The summed E-state index contributed by atoms with van der Waals surface area (Å²) in [6, 6.07) is 23.6. The molecule has 1 fully saturated rings. The molecule has 3 aromatic carbocycles. The lowest BCUT2D eigenvalue weighted by atomic mass is 10.1. The molecule has 2 amide bonds. The molecule has 7 heteroatoms. The van der Waals surface area contributed by atoms with Gasteiger partial charge in [0.25, 0.3) is 0 Å². The molecule has 1 heterocycles. The molecule has 35 heavy (non-hydrogen) atoms. The number of piperazine rings is 1. The number of nitrogens with one attached hydrogen (secondary N) is 1. The summed E-state index contributed by atoms with van der Waals surface area (Å²) in [6.07, 6.45) is -0.0956. The molecule has 0 radical (unpaired) electrons. The molecule has 1 N–H and O–H groups in total. The van der Waals surface area contributed by atoms with Crippen molar-refractivity contribution in [3.05, 3.63) is 94.5 Å². The molecule has 3 aromatic rings. The molecule has 0 aliphatic carbocycles. The number of nitrogens with zero attached hydrogens (tertiary/aromatic N) is 2. The third-order valence-corrected chi connectivity index (χ3v) is 6.46. The number of hydrogen-bond acceptors (Lipinski definition) is 4. The maximum atomic E-state index is 12.8. The number of para-hydroxylation sites is 2. The Kier molecular flexibility index (Phi) is 8.64. The first-order valence-corrected chi connectivity index (χ1v) is 12.2. The lowest BCUT2D eigenvalue weighted by molar-refractivity contribution is 0.00592. The van der Waals surface area contributed by atoms with Crippen molar-refractivity contribution in [1.29, 1.82) is 0 Å². The molecule has 4 rings (SSSR count). The van der Waals surface area contributed by atoms with E-state index in [9.17, 15) is 4.79 Å². The second-order valence-electron chi connectivity index (χ2n) is 8.76. The Morgan fingerprint density at radius 2 is 1.74 bits per heavy atom. The maximum Gasteiger partial charge on any atom is 0.322 e. The average Bonchev–Trinajstić information content (AvgIpc) is 2.88. The fourth-order valence-electron chi connectivity index (χ4n) is 4.24. The molecule has 1 saturated heterocycles. The Bertz CT molecular complexity index is 1110. The zero-order chi connectivity index (χ0) is 24.6. The van der Waals surface area contributed by atoms with Crippen molar-refractivity contribution in [2.75, 3.05) is 45.2 Å². The number of hydrogen-bond donors (Lipinski definition) is 1. The molecular formula is C28H32ClN3O3. The Balaban J connectivity index is 1.35. The number of rotatable bonds is 8. The highest BCUT2D eigenvalue weighted by Gasteiger charge is 2.25. The van der Waals surface area contributed by atoms with E-state index < -0.39 is 0 Å². The van der Waals surface area contributed by atoms with Crippen LogP contribution in [0.3, 0.4) is 0 Å². The summed E-state index contributed by atoms with van der Waals surface area (Å²) < 4.78 is 11.7. The first-order chi connectivity index (χ1) is 17.0. The van der Waals surface area contributed by atoms with E-state index in [4.69, 9.17) is 21.1 Å². The van der Waals surface area contributed by atoms with Crippen LogP contribution in [-0.2, 0) is 11.3 Å². The minimum absolute atomic E-state index is 0.0956. The highest BCUT2D eigenvalue weighted by atomic mass is 35.5. The van der Waals surface area contributed by atoms with Crippen LogP contribution in [0.1, 0.15) is 22.8 Å². The molecule has 184 valence electrons. The van der Waals surface area contributed by atoms with Gasteiger partial charge in [0.1, 0.15) is 5.75 Å². The third-order valence-electron chi connectivity index (χ3n) is 6.21. The SMILES string of the molecule is COc1ccccc1NC(=O)N1CCN(C[C@@H](OCc2cccc(C)c2)c2ccc(Cl)cc2)CC1. The van der Waals surface area contributed by atoms with Gasteiger partial charge in [-0.25, -0.2) is 4.79 Å². The van der Waals surface area contributed by atoms with Gasteiger partial charge in [0, 0.05) is 37.7 Å². The van der Waals surface area contributed by atoms with Gasteiger partial charge in [-0.2, -0.15) is 0 Å². The highest BCUT2D eigenvalue weighted by molar-refractivity contribution is 6.30. The van der Waals surface area contributed by atoms with Gasteiger partial charge in [-0.3, -0.25) is 4.90 Å². The van der Waals surface area contributed by atoms with E-state index in [-0.39, 0.29) is 12.1 Å². The van der Waals surface area contributed by atoms with Crippen LogP contribution in [-0.4, -0.2) is 55.7 Å². The van der Waals surface area contributed by atoms with Crippen LogP contribution < -0.4 is 10.1 Å². The number of halogens is 1. The largest absolute Gasteiger partial charge is 0.495 e. The minimum Gasteiger partial charge on any atom is -0.495 e. The number of carbonyl (C=O) groups is 1. The second-order valence-corrected chi connectivity index (χ2v) is 9.19. The second kappa shape index (κ2) is 12.1. The van der Waals surface area contributed by atoms with Crippen molar-refractivity contribution in [1.82, 2.24) is 9.80 Å². The molecule has 6 nitrogen and oxygen atoms in total. The number of ether oxygens (including phenoxy) is 2. The van der Waals surface area contributed by atoms with Crippen molar-refractivity contribution >= 4 is 23.3 Å². The molecule has 0 aromatic heterocycles. The van der Waals surface area contributed by atoms with E-state index in [1.807, 2.05) is 53.4 Å². The minimum atomic E-state index is -0.112. The molecule has 0 unspecified atom stereocenters. The van der Waals surface area contributed by atoms with Crippen LogP contribution in [0, 0.1) is 6.92 Å². The first-order valence-electron chi connectivity index (χ1n) is 11.9. The Morgan fingerprint density at radius 3 is 2.46 bits per heavy atom. The monoisotopic (exact) mass is 493 g/mol. The summed E-state index contributed by atoms with van der Waals surface area (Å²) in [5.41, 5.74) is 4.15. The van der Waals surface area contributed by atoms with Crippen molar-refractivity contribution in [3.63, 3.8) is 0 Å². The van der Waals surface area contributed by atoms with Crippen molar-refractivity contribution in [3.8, 4) is 5.75 Å². The van der Waals surface area contributed by atoms with Crippen molar-refractivity contribution in [2.45, 2.75) is 19.6 Å². The van der Waals surface area contributed by atoms with Gasteiger partial charge < -0.3 is 19.7 Å². The van der Waals surface area contributed by atoms with E-state index >= 15 is 0 Å². The number of anilines is 1. The Labute approximate surface area is 212 Å². The van der Waals surface area contributed by atoms with Gasteiger partial charge in [0.2, 0.25) is 0 Å². The fraction of sp³-hybridized carbons (Fsp3) is 0.321. The van der Waals surface area contributed by atoms with Crippen LogP contribution in [0.25, 0.3) is 0 Å². The van der Waals surface area contributed by atoms with Crippen molar-refractivity contribution < 1.29 is 14.3 Å². The normalized spacial score (nSPS) is 15.0. The van der Waals surface area contributed by atoms with Crippen LogP contribution in [0.2, 0.25) is 5.02 Å². The predicted molar refractivity (Wildman–Crippen MR) is 140 cm³/mol. The van der Waals surface area contributed by atoms with Crippen LogP contribution >= 0.6 is 11.6 Å². The topological polar surface area (TPSA) is 54.0 Å². The number of aryl methyl sites for hydroxylation is 1. The summed E-state index contributed by atoms with van der Waals surface area (Å²) in [5, 5.41) is 3.68. The van der Waals surface area contributed by atoms with Gasteiger partial charge in [0.05, 0.1) is 25.5 Å². The zero-order valence-corrected chi connectivity index (χ0v) is 21.0. The van der Waals surface area contributed by atoms with Crippen LogP contribution in [0.15, 0.2) is 72.8 Å². The number of benzene rings is 3. The van der Waals surface area contributed by atoms with E-state index in [0.717, 1.165) is 30.8 Å². The van der Waals surface area contributed by atoms with Crippen LogP contribution in [0.4, 0.5) is 10.5 Å². The highest BCUT2D eigenvalue weighted by Crippen LogP contribution is 2.25. The number of methoxy groups -OCH3 is 1. The van der Waals surface area contributed by atoms with E-state index in [2.05, 4.69) is 41.4 Å². The lowest BCUT2D eigenvalue weighted by Gasteiger charge is -2.36. The molecule has 1 aliphatic rings. The summed E-state index contributed by atoms with van der Waals surface area (Å²) in [7, 11) is 1.60. The van der Waals surface area contributed by atoms with Gasteiger partial charge in [-0.1, -0.05) is 65.7 Å². The summed E-state index contributed by atoms with van der Waals surface area (Å²) in [6.45, 7) is 6.21. The van der Waals surface area contributed by atoms with Gasteiger partial charge in [-0.05, 0) is 42.3 Å². The van der Waals surface area contributed by atoms with Gasteiger partial charge in [0.15, 0.2) is 0 Å². The molecule has 1 atom stereocenters. The molecule has 0 saturated carbocycles. The summed E-state index contributed by atoms with van der Waals surface area (Å²) in [5.74, 6) is 0.649. The fourth-order valence-corrected chi connectivity index (χ4v) is 4.37.